The molecule has 4 aliphatic heterocycles. The van der Waals surface area contributed by atoms with Crippen molar-refractivity contribution in [2.45, 2.75) is 70.6 Å². The Morgan fingerprint density at radius 3 is 2.19 bits per heavy atom. The van der Waals surface area contributed by atoms with E-state index >= 15 is 0 Å². The van der Waals surface area contributed by atoms with Crippen LogP contribution in [0.5, 0.6) is 0 Å². The zero-order valence-corrected chi connectivity index (χ0v) is 28.8. The van der Waals surface area contributed by atoms with Crippen molar-refractivity contribution in [3.63, 3.8) is 0 Å². The molecule has 0 aromatic heterocycles. The fourth-order valence-electron chi connectivity index (χ4n) is 7.71. The molecule has 254 valence electrons. The van der Waals surface area contributed by atoms with Gasteiger partial charge < -0.3 is 29.7 Å². The van der Waals surface area contributed by atoms with E-state index in [9.17, 15) is 14.4 Å². The normalized spacial score (nSPS) is 21.2. The monoisotopic (exact) mass is 664 g/mol. The number of piperidine rings is 2. The van der Waals surface area contributed by atoms with Gasteiger partial charge in [0.05, 0.1) is 0 Å². The minimum atomic E-state index is -0.926. The van der Waals surface area contributed by atoms with E-state index < -0.39 is 12.2 Å². The standard InChI is InChI=1S/C36H49ClN6O4/c1-25-22-27(23-26(2)33(25)37)24-32(34(44)41-20-18-40(19-21-41)29-9-13-39(3)14-10-29)47-36(46)42-15-11-30(12-16-42)43-17-8-28-6-4-5-7-31(28)38-35(43)45/h4-7,22-23,29-30,32H,8-21,24H2,1-3H3,(H,38,45)/t32-/m1/s1. The maximum absolute atomic E-state index is 14.0. The summed E-state index contributed by atoms with van der Waals surface area (Å²) in [4.78, 5) is 51.1. The van der Waals surface area contributed by atoms with Crippen molar-refractivity contribution in [3.8, 4) is 0 Å². The highest BCUT2D eigenvalue weighted by molar-refractivity contribution is 6.32. The lowest BCUT2D eigenvalue weighted by molar-refractivity contribution is -0.143. The highest BCUT2D eigenvalue weighted by Gasteiger charge is 2.36. The predicted molar refractivity (Wildman–Crippen MR) is 184 cm³/mol. The van der Waals surface area contributed by atoms with Gasteiger partial charge in [-0.15, -0.1) is 0 Å². The Hall–Kier alpha value is -3.34. The summed E-state index contributed by atoms with van der Waals surface area (Å²) in [5.74, 6) is -0.137. The predicted octanol–water partition coefficient (Wildman–Crippen LogP) is 4.80. The molecule has 0 saturated carbocycles. The van der Waals surface area contributed by atoms with Crippen molar-refractivity contribution >= 4 is 35.3 Å². The number of nitrogens with one attached hydrogen (secondary N) is 1. The third-order valence-corrected chi connectivity index (χ3v) is 11.2. The molecule has 3 fully saturated rings. The summed E-state index contributed by atoms with van der Waals surface area (Å²) in [5.41, 5.74) is 4.80. The van der Waals surface area contributed by atoms with Gasteiger partial charge in [0.25, 0.3) is 5.91 Å². The number of rotatable bonds is 6. The van der Waals surface area contributed by atoms with E-state index in [1.165, 1.54) is 0 Å². The quantitative estimate of drug-likeness (QED) is 0.478. The Kier molecular flexibility index (Phi) is 10.6. The molecule has 1 N–H and O–H groups in total. The SMILES string of the molecule is Cc1cc(C[C@@H](OC(=O)N2CCC(N3CCc4ccccc4NC3=O)CC2)C(=O)N2CCN(C3CCN(C)CC3)CC2)cc(C)c1Cl. The molecule has 4 amide bonds. The lowest BCUT2D eigenvalue weighted by Gasteiger charge is -2.42. The third-order valence-electron chi connectivity index (χ3n) is 10.6. The zero-order valence-electron chi connectivity index (χ0n) is 28.0. The van der Waals surface area contributed by atoms with Crippen molar-refractivity contribution in [1.29, 1.82) is 0 Å². The fraction of sp³-hybridized carbons (Fsp3) is 0.583. The minimum absolute atomic E-state index is 0.0340. The number of halogens is 1. The van der Waals surface area contributed by atoms with Crippen LogP contribution in [0.25, 0.3) is 0 Å². The van der Waals surface area contributed by atoms with Crippen LogP contribution in [0.15, 0.2) is 36.4 Å². The number of urea groups is 1. The second kappa shape index (κ2) is 14.8. The maximum atomic E-state index is 14.0. The van der Waals surface area contributed by atoms with Crippen LogP contribution >= 0.6 is 11.6 Å². The van der Waals surface area contributed by atoms with Crippen LogP contribution in [0.3, 0.4) is 0 Å². The Bertz CT molecular complexity index is 1420. The lowest BCUT2D eigenvalue weighted by Crippen LogP contribution is -2.56. The molecule has 0 unspecified atom stereocenters. The van der Waals surface area contributed by atoms with Gasteiger partial charge >= 0.3 is 12.1 Å². The van der Waals surface area contributed by atoms with E-state index in [1.54, 1.807) is 4.90 Å². The van der Waals surface area contributed by atoms with Gasteiger partial charge in [0.15, 0.2) is 6.10 Å². The molecule has 0 bridgehead atoms. The number of ether oxygens (including phenoxy) is 1. The van der Waals surface area contributed by atoms with Crippen LogP contribution in [0.1, 0.15) is 47.9 Å². The van der Waals surface area contributed by atoms with Crippen molar-refractivity contribution in [1.82, 2.24) is 24.5 Å². The summed E-state index contributed by atoms with van der Waals surface area (Å²) >= 11 is 6.45. The number of fused-ring (bicyclic) bond motifs is 1. The third kappa shape index (κ3) is 7.87. The number of carbonyl (C=O) groups excluding carboxylic acids is 3. The van der Waals surface area contributed by atoms with Crippen LogP contribution < -0.4 is 5.32 Å². The lowest BCUT2D eigenvalue weighted by atomic mass is 10.0. The van der Waals surface area contributed by atoms with E-state index in [1.807, 2.05) is 54.0 Å². The molecule has 47 heavy (non-hydrogen) atoms. The summed E-state index contributed by atoms with van der Waals surface area (Å²) in [6.45, 7) is 10.6. The summed E-state index contributed by atoms with van der Waals surface area (Å²) in [6.07, 6.45) is 3.32. The van der Waals surface area contributed by atoms with Gasteiger partial charge in [-0.2, -0.15) is 0 Å². The number of likely N-dealkylation sites (tertiary alicyclic amines) is 2. The van der Waals surface area contributed by atoms with E-state index in [-0.39, 0.29) is 18.0 Å². The number of anilines is 1. The van der Waals surface area contributed by atoms with Gasteiger partial charge in [0.2, 0.25) is 0 Å². The molecule has 1 atom stereocenters. The number of piperazine rings is 1. The first-order valence-corrected chi connectivity index (χ1v) is 17.6. The second-order valence-electron chi connectivity index (χ2n) is 13.8. The molecule has 0 aliphatic carbocycles. The Morgan fingerprint density at radius 1 is 0.872 bits per heavy atom. The number of nitrogens with zero attached hydrogens (tertiary/aromatic N) is 5. The van der Waals surface area contributed by atoms with E-state index in [4.69, 9.17) is 16.3 Å². The first-order valence-electron chi connectivity index (χ1n) is 17.2. The Morgan fingerprint density at radius 2 is 1.51 bits per heavy atom. The zero-order chi connectivity index (χ0) is 33.1. The van der Waals surface area contributed by atoms with Gasteiger partial charge in [-0.05, 0) is 94.4 Å². The van der Waals surface area contributed by atoms with Crippen LogP contribution in [0.2, 0.25) is 5.02 Å². The number of aryl methyl sites for hydroxylation is 2. The Labute approximate surface area is 283 Å². The summed E-state index contributed by atoms with van der Waals surface area (Å²) in [5, 5.41) is 3.77. The summed E-state index contributed by atoms with van der Waals surface area (Å²) in [6, 6.07) is 12.4. The molecule has 10 nitrogen and oxygen atoms in total. The molecule has 4 heterocycles. The van der Waals surface area contributed by atoms with Gasteiger partial charge in [-0.1, -0.05) is 41.9 Å². The summed E-state index contributed by atoms with van der Waals surface area (Å²) < 4.78 is 6.09. The minimum Gasteiger partial charge on any atom is -0.436 e. The first kappa shape index (κ1) is 33.6. The number of hydrogen-bond acceptors (Lipinski definition) is 6. The smallest absolute Gasteiger partial charge is 0.410 e. The second-order valence-corrected chi connectivity index (χ2v) is 14.1. The number of amides is 4. The maximum Gasteiger partial charge on any atom is 0.410 e. The average molecular weight is 665 g/mol. The molecule has 2 aromatic rings. The summed E-state index contributed by atoms with van der Waals surface area (Å²) in [7, 11) is 2.17. The number of hydrogen-bond donors (Lipinski definition) is 1. The highest BCUT2D eigenvalue weighted by Crippen LogP contribution is 2.27. The largest absolute Gasteiger partial charge is 0.436 e. The number of carbonyl (C=O) groups is 3. The van der Waals surface area contributed by atoms with Crippen LogP contribution in [-0.2, 0) is 22.4 Å². The highest BCUT2D eigenvalue weighted by atomic mass is 35.5. The van der Waals surface area contributed by atoms with Crippen LogP contribution in [0.4, 0.5) is 15.3 Å². The van der Waals surface area contributed by atoms with E-state index in [0.717, 1.165) is 73.4 Å². The van der Waals surface area contributed by atoms with Crippen LogP contribution in [-0.4, -0.2) is 127 Å². The molecular formula is C36H49ClN6O4. The molecule has 0 spiro atoms. The molecular weight excluding hydrogens is 616 g/mol. The van der Waals surface area contributed by atoms with Gasteiger partial charge in [-0.25, -0.2) is 9.59 Å². The average Bonchev–Trinajstić information content (AvgIpc) is 3.25. The van der Waals surface area contributed by atoms with Crippen molar-refractivity contribution in [2.24, 2.45) is 0 Å². The van der Waals surface area contributed by atoms with Gasteiger partial charge in [0, 0.05) is 75.0 Å². The van der Waals surface area contributed by atoms with E-state index in [0.29, 0.717) is 63.1 Å². The number of benzene rings is 2. The molecule has 4 aliphatic rings. The molecule has 6 rings (SSSR count). The van der Waals surface area contributed by atoms with Crippen molar-refractivity contribution in [3.05, 3.63) is 63.7 Å². The van der Waals surface area contributed by atoms with Gasteiger partial charge in [-0.3, -0.25) is 9.69 Å². The first-order chi connectivity index (χ1) is 22.7. The van der Waals surface area contributed by atoms with Crippen molar-refractivity contribution < 1.29 is 19.1 Å². The molecule has 11 heteroatoms. The van der Waals surface area contributed by atoms with E-state index in [2.05, 4.69) is 28.2 Å². The van der Waals surface area contributed by atoms with Gasteiger partial charge in [0.1, 0.15) is 0 Å². The molecule has 0 radical (unpaired) electrons. The molecule has 3 saturated heterocycles. The fourth-order valence-corrected chi connectivity index (χ4v) is 7.82. The molecule has 2 aromatic carbocycles. The number of para-hydroxylation sites is 1. The van der Waals surface area contributed by atoms with Crippen LogP contribution in [0, 0.1) is 13.8 Å². The topological polar surface area (TPSA) is 88.7 Å². The van der Waals surface area contributed by atoms with Crippen molar-refractivity contribution in [2.75, 3.05) is 71.3 Å². The Balaban J connectivity index is 1.08.